The highest BCUT2D eigenvalue weighted by Gasteiger charge is 2.20. The highest BCUT2D eigenvalue weighted by molar-refractivity contribution is 5.86. The van der Waals surface area contributed by atoms with Gasteiger partial charge in [0.1, 0.15) is 5.75 Å². The van der Waals surface area contributed by atoms with Crippen LogP contribution in [0.5, 0.6) is 17.2 Å². The number of benzene rings is 2. The van der Waals surface area contributed by atoms with Crippen molar-refractivity contribution in [3.63, 3.8) is 0 Å². The molecule has 160 valence electrons. The van der Waals surface area contributed by atoms with Crippen LogP contribution in [-0.2, 0) is 10.2 Å². The van der Waals surface area contributed by atoms with Gasteiger partial charge >= 0.3 is 5.69 Å². The van der Waals surface area contributed by atoms with Gasteiger partial charge in [0, 0.05) is 11.6 Å². The van der Waals surface area contributed by atoms with Crippen LogP contribution in [0.2, 0.25) is 0 Å². The lowest BCUT2D eigenvalue weighted by atomic mass is 9.87. The van der Waals surface area contributed by atoms with Gasteiger partial charge in [-0.2, -0.15) is 5.10 Å². The van der Waals surface area contributed by atoms with E-state index in [9.17, 15) is 20.0 Å². The summed E-state index contributed by atoms with van der Waals surface area (Å²) >= 11 is 0. The number of nitro benzene ring substituents is 1. The van der Waals surface area contributed by atoms with Gasteiger partial charge in [0.25, 0.3) is 5.91 Å². The number of nitro groups is 1. The Bertz CT molecular complexity index is 948. The van der Waals surface area contributed by atoms with E-state index in [1.807, 2.05) is 12.1 Å². The SMILES string of the molecule is COc1cc(/C=N/NC(=O)C(C)Oc2ccc(C(C)(C)C)cc2)cc([N+](=O)[O-])c1O. The third-order valence-electron chi connectivity index (χ3n) is 4.28. The van der Waals surface area contributed by atoms with Crippen LogP contribution in [0.15, 0.2) is 41.5 Å². The molecule has 0 bridgehead atoms. The van der Waals surface area contributed by atoms with Gasteiger partial charge in [-0.15, -0.1) is 0 Å². The van der Waals surface area contributed by atoms with Crippen LogP contribution >= 0.6 is 0 Å². The highest BCUT2D eigenvalue weighted by Crippen LogP contribution is 2.36. The van der Waals surface area contributed by atoms with E-state index in [0.29, 0.717) is 5.75 Å². The molecule has 1 unspecified atom stereocenters. The zero-order valence-corrected chi connectivity index (χ0v) is 17.5. The van der Waals surface area contributed by atoms with Crippen LogP contribution < -0.4 is 14.9 Å². The largest absolute Gasteiger partial charge is 0.500 e. The van der Waals surface area contributed by atoms with Gasteiger partial charge in [0.05, 0.1) is 18.2 Å². The molecule has 0 aliphatic carbocycles. The van der Waals surface area contributed by atoms with Crippen LogP contribution in [-0.4, -0.2) is 35.4 Å². The van der Waals surface area contributed by atoms with Crippen molar-refractivity contribution in [2.24, 2.45) is 5.10 Å². The molecule has 0 spiro atoms. The Morgan fingerprint density at radius 2 is 1.90 bits per heavy atom. The van der Waals surface area contributed by atoms with Gasteiger partial charge in [0.15, 0.2) is 11.9 Å². The predicted molar refractivity (Wildman–Crippen MR) is 112 cm³/mol. The second-order valence-corrected chi connectivity index (χ2v) is 7.62. The molecule has 0 aliphatic rings. The Labute approximate surface area is 174 Å². The van der Waals surface area contributed by atoms with Crippen LogP contribution in [0, 0.1) is 10.1 Å². The zero-order valence-electron chi connectivity index (χ0n) is 17.5. The molecule has 30 heavy (non-hydrogen) atoms. The summed E-state index contributed by atoms with van der Waals surface area (Å²) < 4.78 is 10.5. The number of hydrogen-bond donors (Lipinski definition) is 2. The quantitative estimate of drug-likeness (QED) is 0.405. The number of carbonyl (C=O) groups excluding carboxylic acids is 1. The third-order valence-corrected chi connectivity index (χ3v) is 4.28. The second kappa shape index (κ2) is 9.25. The number of methoxy groups -OCH3 is 1. The minimum atomic E-state index is -0.814. The summed E-state index contributed by atoms with van der Waals surface area (Å²) in [6.45, 7) is 7.90. The number of phenols is 1. The van der Waals surface area contributed by atoms with Crippen molar-refractivity contribution in [2.75, 3.05) is 7.11 Å². The van der Waals surface area contributed by atoms with Crippen molar-refractivity contribution >= 4 is 17.8 Å². The fourth-order valence-electron chi connectivity index (χ4n) is 2.54. The van der Waals surface area contributed by atoms with Crippen LogP contribution in [0.25, 0.3) is 0 Å². The summed E-state index contributed by atoms with van der Waals surface area (Å²) in [6.07, 6.45) is 0.392. The van der Waals surface area contributed by atoms with E-state index in [2.05, 4.69) is 31.3 Å². The number of rotatable bonds is 7. The first-order chi connectivity index (χ1) is 14.0. The molecule has 0 radical (unpaired) electrons. The first-order valence-corrected chi connectivity index (χ1v) is 9.18. The maximum atomic E-state index is 12.2. The van der Waals surface area contributed by atoms with E-state index < -0.39 is 28.4 Å². The van der Waals surface area contributed by atoms with Crippen molar-refractivity contribution in [3.05, 3.63) is 57.6 Å². The fourth-order valence-corrected chi connectivity index (χ4v) is 2.54. The predicted octanol–water partition coefficient (Wildman–Crippen LogP) is 3.52. The molecule has 2 aromatic rings. The Kier molecular flexibility index (Phi) is 6.99. The molecule has 0 aromatic heterocycles. The molecule has 0 aliphatic heterocycles. The van der Waals surface area contributed by atoms with Gasteiger partial charge in [-0.05, 0) is 36.1 Å². The Balaban J connectivity index is 2.02. The molecule has 0 saturated heterocycles. The maximum Gasteiger partial charge on any atom is 0.315 e. The first-order valence-electron chi connectivity index (χ1n) is 9.18. The lowest BCUT2D eigenvalue weighted by Gasteiger charge is -2.19. The molecule has 2 aromatic carbocycles. The average Bonchev–Trinajstić information content (AvgIpc) is 2.68. The van der Waals surface area contributed by atoms with Crippen LogP contribution in [0.3, 0.4) is 0 Å². The number of carbonyl (C=O) groups is 1. The number of hydrogen-bond acceptors (Lipinski definition) is 7. The maximum absolute atomic E-state index is 12.2. The molecule has 0 fully saturated rings. The number of aromatic hydroxyl groups is 1. The minimum absolute atomic E-state index is 0.0161. The zero-order chi connectivity index (χ0) is 22.5. The summed E-state index contributed by atoms with van der Waals surface area (Å²) in [4.78, 5) is 22.5. The first kappa shape index (κ1) is 22.7. The number of amides is 1. The molecular weight excluding hydrogens is 390 g/mol. The minimum Gasteiger partial charge on any atom is -0.500 e. The van der Waals surface area contributed by atoms with Crippen molar-refractivity contribution in [2.45, 2.75) is 39.2 Å². The van der Waals surface area contributed by atoms with E-state index in [4.69, 9.17) is 9.47 Å². The molecule has 9 heteroatoms. The van der Waals surface area contributed by atoms with E-state index in [0.717, 1.165) is 11.6 Å². The lowest BCUT2D eigenvalue weighted by molar-refractivity contribution is -0.386. The van der Waals surface area contributed by atoms with Crippen molar-refractivity contribution in [1.82, 2.24) is 5.43 Å². The number of nitrogens with zero attached hydrogens (tertiary/aromatic N) is 2. The van der Waals surface area contributed by atoms with Gasteiger partial charge in [0.2, 0.25) is 5.75 Å². The fraction of sp³-hybridized carbons (Fsp3) is 0.333. The van der Waals surface area contributed by atoms with Gasteiger partial charge in [-0.25, -0.2) is 5.43 Å². The third kappa shape index (κ3) is 5.69. The molecule has 1 atom stereocenters. The smallest absolute Gasteiger partial charge is 0.315 e. The van der Waals surface area contributed by atoms with E-state index in [1.165, 1.54) is 19.4 Å². The van der Waals surface area contributed by atoms with Crippen molar-refractivity contribution < 1.29 is 24.3 Å². The van der Waals surface area contributed by atoms with Crippen molar-refractivity contribution in [3.8, 4) is 17.2 Å². The normalized spacial score (nSPS) is 12.4. The summed E-state index contributed by atoms with van der Waals surface area (Å²) in [5.41, 5.74) is 3.22. The summed E-state index contributed by atoms with van der Waals surface area (Å²) in [6, 6.07) is 9.97. The summed E-state index contributed by atoms with van der Waals surface area (Å²) in [5, 5.41) is 24.6. The monoisotopic (exact) mass is 415 g/mol. The number of phenolic OH excluding ortho intramolecular Hbond substituents is 1. The van der Waals surface area contributed by atoms with E-state index in [-0.39, 0.29) is 16.7 Å². The number of hydrazone groups is 1. The number of ether oxygens (including phenoxy) is 2. The Hall–Kier alpha value is -3.62. The lowest BCUT2D eigenvalue weighted by Crippen LogP contribution is -2.33. The van der Waals surface area contributed by atoms with Gasteiger partial charge in [-0.3, -0.25) is 14.9 Å². The summed E-state index contributed by atoms with van der Waals surface area (Å²) in [5.74, 6) is -0.601. The molecule has 9 nitrogen and oxygen atoms in total. The highest BCUT2D eigenvalue weighted by atomic mass is 16.6. The van der Waals surface area contributed by atoms with Gasteiger partial charge < -0.3 is 14.6 Å². The van der Waals surface area contributed by atoms with Crippen LogP contribution in [0.1, 0.15) is 38.8 Å². The summed E-state index contributed by atoms with van der Waals surface area (Å²) in [7, 11) is 1.27. The standard InChI is InChI=1S/C21H25N3O6/c1-13(30-16-8-6-15(7-9-16)21(2,3)4)20(26)23-22-12-14-10-17(24(27)28)19(25)18(11-14)29-5/h6-13,25H,1-5H3,(H,23,26)/b22-12+. The van der Waals surface area contributed by atoms with Crippen LogP contribution in [0.4, 0.5) is 5.69 Å². The second-order valence-electron chi connectivity index (χ2n) is 7.62. The molecule has 2 rings (SSSR count). The molecular formula is C21H25N3O6. The van der Waals surface area contributed by atoms with Crippen molar-refractivity contribution in [1.29, 1.82) is 0 Å². The Morgan fingerprint density at radius 3 is 2.43 bits per heavy atom. The average molecular weight is 415 g/mol. The topological polar surface area (TPSA) is 123 Å². The molecule has 2 N–H and O–H groups in total. The van der Waals surface area contributed by atoms with E-state index in [1.54, 1.807) is 19.1 Å². The van der Waals surface area contributed by atoms with E-state index >= 15 is 0 Å². The Morgan fingerprint density at radius 1 is 1.27 bits per heavy atom. The molecule has 0 saturated carbocycles. The molecule has 0 heterocycles. The van der Waals surface area contributed by atoms with Gasteiger partial charge in [-0.1, -0.05) is 32.9 Å². The number of nitrogens with one attached hydrogen (secondary N) is 1. The molecule has 1 amide bonds.